The summed E-state index contributed by atoms with van der Waals surface area (Å²) in [6.45, 7) is 0. The number of rotatable bonds is 3. The van der Waals surface area contributed by atoms with Gasteiger partial charge in [-0.1, -0.05) is 11.6 Å². The van der Waals surface area contributed by atoms with Crippen molar-refractivity contribution in [1.82, 2.24) is 4.98 Å². The fraction of sp³-hybridized carbons (Fsp3) is 0.0909. The molecule has 0 N–H and O–H groups in total. The minimum atomic E-state index is 0.659. The number of nitrogens with zero attached hydrogens (tertiary/aromatic N) is 2. The highest BCUT2D eigenvalue weighted by Gasteiger charge is 2.02. The number of aromatic nitrogens is 1. The Morgan fingerprint density at radius 3 is 2.75 bits per heavy atom. The van der Waals surface area contributed by atoms with E-state index in [1.807, 2.05) is 24.3 Å². The zero-order valence-electron chi connectivity index (χ0n) is 8.18. The first-order valence-electron chi connectivity index (χ1n) is 4.51. The molecule has 0 amide bonds. The van der Waals surface area contributed by atoms with Gasteiger partial charge in [0.2, 0.25) is 0 Å². The number of nitriles is 1. The first kappa shape index (κ1) is 11.5. The minimum Gasteiger partial charge on any atom is -0.247 e. The lowest BCUT2D eigenvalue weighted by Gasteiger charge is -1.98. The van der Waals surface area contributed by atoms with E-state index in [4.69, 9.17) is 16.9 Å². The van der Waals surface area contributed by atoms with Crippen LogP contribution in [0.4, 0.5) is 0 Å². The van der Waals surface area contributed by atoms with E-state index in [2.05, 4.69) is 11.1 Å². The molecular formula is C11H7ClN2S2. The molecule has 1 aromatic heterocycles. The fourth-order valence-electron chi connectivity index (χ4n) is 1.10. The Balaban J connectivity index is 1.97. The van der Waals surface area contributed by atoms with Gasteiger partial charge in [-0.3, -0.25) is 0 Å². The van der Waals surface area contributed by atoms with Crippen LogP contribution in [0.3, 0.4) is 0 Å². The maximum Gasteiger partial charge on any atom is 0.124 e. The zero-order valence-corrected chi connectivity index (χ0v) is 10.6. The van der Waals surface area contributed by atoms with Gasteiger partial charge >= 0.3 is 0 Å². The number of thioether (sulfide) groups is 1. The molecule has 5 heteroatoms. The molecule has 0 fully saturated rings. The predicted molar refractivity (Wildman–Crippen MR) is 67.8 cm³/mol. The van der Waals surface area contributed by atoms with Gasteiger partial charge < -0.3 is 0 Å². The molecular weight excluding hydrogens is 260 g/mol. The van der Waals surface area contributed by atoms with Gasteiger partial charge in [0.25, 0.3) is 0 Å². The number of hydrogen-bond acceptors (Lipinski definition) is 4. The summed E-state index contributed by atoms with van der Waals surface area (Å²) in [4.78, 5) is 5.98. The number of halogens is 1. The maximum atomic E-state index is 8.67. The molecule has 0 bridgehead atoms. The third-order valence-corrected chi connectivity index (χ3v) is 4.20. The van der Waals surface area contributed by atoms with Gasteiger partial charge in [-0.2, -0.15) is 5.26 Å². The van der Waals surface area contributed by atoms with Crippen molar-refractivity contribution in [2.45, 2.75) is 10.6 Å². The van der Waals surface area contributed by atoms with E-state index in [0.29, 0.717) is 4.88 Å². The van der Waals surface area contributed by atoms with Gasteiger partial charge in [-0.25, -0.2) is 4.98 Å². The van der Waals surface area contributed by atoms with E-state index in [-0.39, 0.29) is 0 Å². The van der Waals surface area contributed by atoms with E-state index < -0.39 is 0 Å². The van der Waals surface area contributed by atoms with Crippen LogP contribution >= 0.6 is 34.7 Å². The summed E-state index contributed by atoms with van der Waals surface area (Å²) in [5.41, 5.74) is 0. The summed E-state index contributed by atoms with van der Waals surface area (Å²) in [6.07, 6.45) is 1.61. The fourth-order valence-corrected chi connectivity index (χ4v) is 2.85. The highest BCUT2D eigenvalue weighted by Crippen LogP contribution is 2.25. The summed E-state index contributed by atoms with van der Waals surface area (Å²) in [5.74, 6) is 0.786. The number of benzene rings is 1. The maximum absolute atomic E-state index is 8.67. The van der Waals surface area contributed by atoms with E-state index in [9.17, 15) is 0 Å². The number of thiazole rings is 1. The van der Waals surface area contributed by atoms with Crippen molar-refractivity contribution in [1.29, 1.82) is 5.26 Å². The second-order valence-corrected chi connectivity index (χ2v) is 5.57. The molecule has 0 atom stereocenters. The third-order valence-electron chi connectivity index (χ3n) is 1.84. The Morgan fingerprint density at radius 2 is 2.12 bits per heavy atom. The average molecular weight is 267 g/mol. The van der Waals surface area contributed by atoms with Gasteiger partial charge in [0, 0.05) is 9.92 Å². The molecule has 0 spiro atoms. The second kappa shape index (κ2) is 5.35. The molecule has 2 rings (SSSR count). The first-order chi connectivity index (χ1) is 7.78. The zero-order chi connectivity index (χ0) is 11.4. The highest BCUT2D eigenvalue weighted by molar-refractivity contribution is 7.98. The largest absolute Gasteiger partial charge is 0.247 e. The summed E-state index contributed by atoms with van der Waals surface area (Å²) in [5, 5.41) is 10.4. The normalized spacial score (nSPS) is 10.0. The van der Waals surface area contributed by atoms with Crippen LogP contribution in [0.5, 0.6) is 0 Å². The van der Waals surface area contributed by atoms with Crippen LogP contribution in [0.25, 0.3) is 0 Å². The summed E-state index contributed by atoms with van der Waals surface area (Å²) in [6, 6.07) is 9.77. The van der Waals surface area contributed by atoms with Crippen molar-refractivity contribution in [3.63, 3.8) is 0 Å². The molecule has 0 saturated carbocycles. The van der Waals surface area contributed by atoms with Crippen LogP contribution in [0.2, 0.25) is 5.02 Å². The molecule has 0 aliphatic carbocycles. The molecule has 1 aromatic carbocycles. The molecule has 0 saturated heterocycles. The summed E-state index contributed by atoms with van der Waals surface area (Å²) < 4.78 is 0. The molecule has 2 aromatic rings. The molecule has 0 unspecified atom stereocenters. The quantitative estimate of drug-likeness (QED) is 0.789. The van der Waals surface area contributed by atoms with Gasteiger partial charge in [-0.05, 0) is 24.3 Å². The Labute approximate surface area is 107 Å². The first-order valence-corrected chi connectivity index (χ1v) is 6.69. The molecule has 1 heterocycles. The van der Waals surface area contributed by atoms with Gasteiger partial charge in [0.15, 0.2) is 0 Å². The van der Waals surface area contributed by atoms with Gasteiger partial charge in [-0.15, -0.1) is 23.1 Å². The SMILES string of the molecule is N#Cc1cnc(CSc2ccc(Cl)cc2)s1. The van der Waals surface area contributed by atoms with Crippen molar-refractivity contribution in [3.8, 4) is 6.07 Å². The topological polar surface area (TPSA) is 36.7 Å². The van der Waals surface area contributed by atoms with E-state index >= 15 is 0 Å². The summed E-state index contributed by atoms with van der Waals surface area (Å²) >= 11 is 8.92. The van der Waals surface area contributed by atoms with Crippen LogP contribution in [-0.4, -0.2) is 4.98 Å². The van der Waals surface area contributed by atoms with Gasteiger partial charge in [0.05, 0.1) is 11.9 Å². The van der Waals surface area contributed by atoms with Crippen LogP contribution < -0.4 is 0 Å². The van der Waals surface area contributed by atoms with Crippen molar-refractivity contribution < 1.29 is 0 Å². The smallest absolute Gasteiger partial charge is 0.124 e. The van der Waals surface area contributed by atoms with Crippen molar-refractivity contribution in [2.75, 3.05) is 0 Å². The van der Waals surface area contributed by atoms with Crippen LogP contribution in [0.1, 0.15) is 9.88 Å². The van der Waals surface area contributed by atoms with Crippen molar-refractivity contribution >= 4 is 34.7 Å². The lowest BCUT2D eigenvalue weighted by Crippen LogP contribution is -1.77. The molecule has 80 valence electrons. The Hall–Kier alpha value is -1.02. The van der Waals surface area contributed by atoms with Crippen molar-refractivity contribution in [2.24, 2.45) is 0 Å². The van der Waals surface area contributed by atoms with E-state index in [0.717, 1.165) is 20.7 Å². The van der Waals surface area contributed by atoms with E-state index in [1.165, 1.54) is 11.3 Å². The lowest BCUT2D eigenvalue weighted by molar-refractivity contribution is 1.26. The monoisotopic (exact) mass is 266 g/mol. The molecule has 0 aliphatic rings. The number of hydrogen-bond donors (Lipinski definition) is 0. The van der Waals surface area contributed by atoms with Crippen LogP contribution in [0, 0.1) is 11.3 Å². The van der Waals surface area contributed by atoms with Crippen LogP contribution in [0.15, 0.2) is 35.4 Å². The average Bonchev–Trinajstić information content (AvgIpc) is 2.76. The molecule has 2 nitrogen and oxygen atoms in total. The molecule has 0 radical (unpaired) electrons. The van der Waals surface area contributed by atoms with Crippen LogP contribution in [-0.2, 0) is 5.75 Å². The Bertz CT molecular complexity index is 514. The molecule has 16 heavy (non-hydrogen) atoms. The highest BCUT2D eigenvalue weighted by atomic mass is 35.5. The van der Waals surface area contributed by atoms with E-state index in [1.54, 1.807) is 18.0 Å². The lowest BCUT2D eigenvalue weighted by atomic mass is 10.4. The summed E-state index contributed by atoms with van der Waals surface area (Å²) in [7, 11) is 0. The Morgan fingerprint density at radius 1 is 1.38 bits per heavy atom. The minimum absolute atomic E-state index is 0.659. The van der Waals surface area contributed by atoms with Gasteiger partial charge in [0.1, 0.15) is 16.0 Å². The standard InChI is InChI=1S/C11H7ClN2S2/c12-8-1-3-9(4-2-8)15-7-11-14-6-10(5-13)16-11/h1-4,6H,7H2. The van der Waals surface area contributed by atoms with Crippen molar-refractivity contribution in [3.05, 3.63) is 45.4 Å². The Kier molecular flexibility index (Phi) is 3.83. The molecule has 0 aliphatic heterocycles. The third kappa shape index (κ3) is 2.99. The second-order valence-electron chi connectivity index (χ2n) is 2.97. The predicted octanol–water partition coefficient (Wildman–Crippen LogP) is 3.96.